The van der Waals surface area contributed by atoms with Crippen LogP contribution in [-0.4, -0.2) is 43.0 Å². The van der Waals surface area contributed by atoms with Crippen LogP contribution >= 0.6 is 15.9 Å². The number of anilines is 1. The molecular weight excluding hydrogens is 348 g/mol. The van der Waals surface area contributed by atoms with Crippen LogP contribution in [0.3, 0.4) is 0 Å². The Bertz CT molecular complexity index is 615. The first-order valence-corrected chi connectivity index (χ1v) is 7.86. The van der Waals surface area contributed by atoms with Gasteiger partial charge in [-0.05, 0) is 32.0 Å². The number of halogens is 1. The van der Waals surface area contributed by atoms with E-state index in [2.05, 4.69) is 22.5 Å². The number of nitrogens with zero attached hydrogens (tertiary/aromatic N) is 2. The first-order chi connectivity index (χ1) is 10.4. The maximum atomic E-state index is 12.4. The second-order valence-corrected chi connectivity index (χ2v) is 6.16. The van der Waals surface area contributed by atoms with Gasteiger partial charge in [0.1, 0.15) is 12.3 Å². The number of hydrogen-bond acceptors (Lipinski definition) is 3. The van der Waals surface area contributed by atoms with Crippen molar-refractivity contribution in [3.8, 4) is 5.75 Å². The molecule has 0 saturated carbocycles. The Hall–Kier alpha value is -1.82. The Morgan fingerprint density at radius 1 is 1.50 bits per heavy atom. The summed E-state index contributed by atoms with van der Waals surface area (Å²) in [5, 5.41) is 0. The first-order valence-electron chi connectivity index (χ1n) is 7.07. The van der Waals surface area contributed by atoms with Crippen LogP contribution < -0.4 is 9.64 Å². The smallest absolute Gasteiger partial charge is 0.265 e. The van der Waals surface area contributed by atoms with Crippen molar-refractivity contribution in [1.29, 1.82) is 0 Å². The molecule has 1 aliphatic heterocycles. The van der Waals surface area contributed by atoms with Gasteiger partial charge in [-0.2, -0.15) is 0 Å². The van der Waals surface area contributed by atoms with Crippen molar-refractivity contribution < 1.29 is 14.3 Å². The molecule has 0 aromatic heterocycles. The number of rotatable bonds is 5. The average molecular weight is 367 g/mol. The predicted molar refractivity (Wildman–Crippen MR) is 89.1 cm³/mol. The second-order valence-electron chi connectivity index (χ2n) is 5.25. The third-order valence-electron chi connectivity index (χ3n) is 3.35. The van der Waals surface area contributed by atoms with Crippen molar-refractivity contribution in [2.45, 2.75) is 13.8 Å². The molecule has 2 rings (SSSR count). The third-order valence-corrected chi connectivity index (χ3v) is 3.85. The largest absolute Gasteiger partial charge is 0.482 e. The number of fused-ring (bicyclic) bond motifs is 1. The van der Waals surface area contributed by atoms with E-state index >= 15 is 0 Å². The first kappa shape index (κ1) is 16.5. The van der Waals surface area contributed by atoms with Crippen molar-refractivity contribution in [3.63, 3.8) is 0 Å². The van der Waals surface area contributed by atoms with Crippen LogP contribution in [0.25, 0.3) is 0 Å². The Morgan fingerprint density at radius 2 is 2.23 bits per heavy atom. The number of likely N-dealkylation sites (N-methyl/N-ethyl adjacent to an activating group) is 1. The molecule has 0 atom stereocenters. The summed E-state index contributed by atoms with van der Waals surface area (Å²) in [5.41, 5.74) is 1.53. The predicted octanol–water partition coefficient (Wildman–Crippen LogP) is 2.60. The van der Waals surface area contributed by atoms with Gasteiger partial charge in [0.05, 0.1) is 5.69 Å². The Labute approximate surface area is 138 Å². The molecule has 0 saturated heterocycles. The lowest BCUT2D eigenvalue weighted by Crippen LogP contribution is -2.46. The molecule has 6 heteroatoms. The molecule has 1 aromatic carbocycles. The van der Waals surface area contributed by atoms with Crippen molar-refractivity contribution in [1.82, 2.24) is 4.90 Å². The summed E-state index contributed by atoms with van der Waals surface area (Å²) >= 11 is 3.37. The molecule has 0 spiro atoms. The summed E-state index contributed by atoms with van der Waals surface area (Å²) < 4.78 is 6.28. The molecule has 118 valence electrons. The molecule has 0 aliphatic carbocycles. The zero-order valence-electron chi connectivity index (χ0n) is 12.8. The number of amides is 2. The van der Waals surface area contributed by atoms with E-state index in [9.17, 15) is 9.59 Å². The molecule has 0 radical (unpaired) electrons. The maximum absolute atomic E-state index is 12.4. The average Bonchev–Trinajstić information content (AvgIpc) is 2.47. The SMILES string of the molecule is C=C(C)CN(CC)C(=O)CN1C(=O)COc2cc(Br)ccc21. The van der Waals surface area contributed by atoms with Gasteiger partial charge in [-0.25, -0.2) is 0 Å². The monoisotopic (exact) mass is 366 g/mol. The van der Waals surface area contributed by atoms with Crippen molar-refractivity contribution in [2.75, 3.05) is 31.1 Å². The van der Waals surface area contributed by atoms with Crippen LogP contribution in [0.5, 0.6) is 5.75 Å². The lowest BCUT2D eigenvalue weighted by molar-refractivity contribution is -0.131. The zero-order valence-corrected chi connectivity index (χ0v) is 14.4. The molecular formula is C16H19BrN2O3. The molecule has 0 unspecified atom stereocenters. The fourth-order valence-electron chi connectivity index (χ4n) is 2.29. The van der Waals surface area contributed by atoms with Crippen molar-refractivity contribution in [2.24, 2.45) is 0 Å². The van der Waals surface area contributed by atoms with Crippen LogP contribution in [0, 0.1) is 0 Å². The van der Waals surface area contributed by atoms with Crippen LogP contribution in [0.1, 0.15) is 13.8 Å². The van der Waals surface area contributed by atoms with Crippen LogP contribution in [0.15, 0.2) is 34.8 Å². The highest BCUT2D eigenvalue weighted by atomic mass is 79.9. The summed E-state index contributed by atoms with van der Waals surface area (Å²) in [6, 6.07) is 5.40. The minimum Gasteiger partial charge on any atom is -0.482 e. The van der Waals surface area contributed by atoms with Crippen molar-refractivity contribution >= 4 is 33.4 Å². The molecule has 5 nitrogen and oxygen atoms in total. The highest BCUT2D eigenvalue weighted by Gasteiger charge is 2.28. The van der Waals surface area contributed by atoms with E-state index in [-0.39, 0.29) is 25.0 Å². The Balaban J connectivity index is 2.20. The number of benzene rings is 1. The molecule has 0 fully saturated rings. The fraction of sp³-hybridized carbons (Fsp3) is 0.375. The van der Waals surface area contributed by atoms with E-state index in [1.807, 2.05) is 19.9 Å². The van der Waals surface area contributed by atoms with Crippen LogP contribution in [-0.2, 0) is 9.59 Å². The summed E-state index contributed by atoms with van der Waals surface area (Å²) in [7, 11) is 0. The van der Waals surface area contributed by atoms with Gasteiger partial charge in [-0.3, -0.25) is 14.5 Å². The van der Waals surface area contributed by atoms with Gasteiger partial charge in [-0.15, -0.1) is 0 Å². The topological polar surface area (TPSA) is 49.9 Å². The minimum absolute atomic E-state index is 0.0119. The molecule has 1 aliphatic rings. The highest BCUT2D eigenvalue weighted by Crippen LogP contribution is 2.34. The van der Waals surface area contributed by atoms with Crippen molar-refractivity contribution in [3.05, 3.63) is 34.8 Å². The van der Waals surface area contributed by atoms with Gasteiger partial charge in [0.15, 0.2) is 6.61 Å². The van der Waals surface area contributed by atoms with Gasteiger partial charge in [-0.1, -0.05) is 28.1 Å². The summed E-state index contributed by atoms with van der Waals surface area (Å²) in [5.74, 6) is 0.286. The van der Waals surface area contributed by atoms with E-state index in [0.29, 0.717) is 24.5 Å². The zero-order chi connectivity index (χ0) is 16.3. The lowest BCUT2D eigenvalue weighted by Gasteiger charge is -2.31. The number of hydrogen-bond donors (Lipinski definition) is 0. The van der Waals surface area contributed by atoms with E-state index in [1.165, 1.54) is 4.90 Å². The lowest BCUT2D eigenvalue weighted by atomic mass is 10.2. The van der Waals surface area contributed by atoms with Crippen LogP contribution in [0.4, 0.5) is 5.69 Å². The van der Waals surface area contributed by atoms with Gasteiger partial charge >= 0.3 is 0 Å². The molecule has 22 heavy (non-hydrogen) atoms. The second kappa shape index (κ2) is 6.96. The van der Waals surface area contributed by atoms with Gasteiger partial charge in [0.2, 0.25) is 5.91 Å². The number of carbonyl (C=O) groups excluding carboxylic acids is 2. The Kier molecular flexibility index (Phi) is 5.24. The van der Waals surface area contributed by atoms with E-state index in [1.54, 1.807) is 17.0 Å². The van der Waals surface area contributed by atoms with E-state index < -0.39 is 0 Å². The number of ether oxygens (including phenoxy) is 1. The molecule has 0 N–H and O–H groups in total. The molecule has 1 aromatic rings. The standard InChI is InChI=1S/C16H19BrN2O3/c1-4-18(8-11(2)3)15(20)9-19-13-6-5-12(17)7-14(13)22-10-16(19)21/h5-7H,2,4,8-10H2,1,3H3. The summed E-state index contributed by atoms with van der Waals surface area (Å²) in [4.78, 5) is 27.7. The molecule has 0 bridgehead atoms. The van der Waals surface area contributed by atoms with Gasteiger partial charge < -0.3 is 9.64 Å². The third kappa shape index (κ3) is 3.68. The maximum Gasteiger partial charge on any atom is 0.265 e. The highest BCUT2D eigenvalue weighted by molar-refractivity contribution is 9.10. The minimum atomic E-state index is -0.213. The van der Waals surface area contributed by atoms with Gasteiger partial charge in [0, 0.05) is 17.6 Å². The normalized spacial score (nSPS) is 13.4. The number of carbonyl (C=O) groups is 2. The summed E-state index contributed by atoms with van der Waals surface area (Å²) in [6.45, 7) is 8.66. The molecule has 1 heterocycles. The summed E-state index contributed by atoms with van der Waals surface area (Å²) in [6.07, 6.45) is 0. The van der Waals surface area contributed by atoms with E-state index in [0.717, 1.165) is 10.0 Å². The fourth-order valence-corrected chi connectivity index (χ4v) is 2.63. The quantitative estimate of drug-likeness (QED) is 0.752. The Morgan fingerprint density at radius 3 is 2.86 bits per heavy atom. The van der Waals surface area contributed by atoms with Gasteiger partial charge in [0.25, 0.3) is 5.91 Å². The molecule has 2 amide bonds. The van der Waals surface area contributed by atoms with Crippen LogP contribution in [0.2, 0.25) is 0 Å². The van der Waals surface area contributed by atoms with E-state index in [4.69, 9.17) is 4.74 Å².